The minimum absolute atomic E-state index is 0.0379. The molecule has 1 aliphatic rings. The first kappa shape index (κ1) is 17.5. The fourth-order valence-electron chi connectivity index (χ4n) is 3.48. The van der Waals surface area contributed by atoms with Gasteiger partial charge in [0, 0.05) is 25.4 Å². The fourth-order valence-corrected chi connectivity index (χ4v) is 3.48. The second-order valence-corrected chi connectivity index (χ2v) is 6.80. The van der Waals surface area contributed by atoms with Gasteiger partial charge in [-0.2, -0.15) is 0 Å². The molecule has 0 saturated carbocycles. The smallest absolute Gasteiger partial charge is 0.243 e. The molecule has 1 aromatic carbocycles. The average molecular weight is 368 g/mol. The van der Waals surface area contributed by atoms with Gasteiger partial charge in [-0.1, -0.05) is 12.1 Å². The van der Waals surface area contributed by atoms with Gasteiger partial charge in [0.1, 0.15) is 24.2 Å². The number of likely N-dealkylation sites (tertiary alicyclic amines) is 1. The Labute approximate surface area is 156 Å². The van der Waals surface area contributed by atoms with Crippen molar-refractivity contribution in [2.45, 2.75) is 38.3 Å². The number of rotatable bonds is 5. The molecule has 0 aliphatic carbocycles. The summed E-state index contributed by atoms with van der Waals surface area (Å²) in [5.41, 5.74) is 0.954. The zero-order valence-electron chi connectivity index (χ0n) is 14.9. The number of oxazole rings is 1. The van der Waals surface area contributed by atoms with Crippen LogP contribution in [0.4, 0.5) is 4.39 Å². The number of nitrogens with zero attached hydrogens (tertiary/aromatic N) is 4. The van der Waals surface area contributed by atoms with Gasteiger partial charge in [-0.3, -0.25) is 4.79 Å². The molecule has 27 heavy (non-hydrogen) atoms. The van der Waals surface area contributed by atoms with Gasteiger partial charge >= 0.3 is 0 Å². The van der Waals surface area contributed by atoms with Gasteiger partial charge in [-0.25, -0.2) is 14.4 Å². The summed E-state index contributed by atoms with van der Waals surface area (Å²) in [6.45, 7) is 0.966. The summed E-state index contributed by atoms with van der Waals surface area (Å²) < 4.78 is 20.8. The summed E-state index contributed by atoms with van der Waals surface area (Å²) in [7, 11) is 0. The molecule has 6 nitrogen and oxygen atoms in total. The van der Waals surface area contributed by atoms with E-state index < -0.39 is 0 Å². The van der Waals surface area contributed by atoms with Crippen LogP contribution in [0.15, 0.2) is 53.6 Å². The van der Waals surface area contributed by atoms with Crippen molar-refractivity contribution in [3.05, 3.63) is 72.2 Å². The van der Waals surface area contributed by atoms with Crippen LogP contribution in [0, 0.1) is 5.82 Å². The van der Waals surface area contributed by atoms with E-state index in [9.17, 15) is 9.18 Å². The molecular weight excluding hydrogens is 347 g/mol. The number of halogens is 1. The highest BCUT2D eigenvalue weighted by molar-refractivity contribution is 5.76. The standard InChI is InChI=1S/C20H21FN4O2/c21-16-6-4-15(5-7-16)11-17-12-23-20(27-17)18-3-1-2-9-25(18)19(26)13-24-10-8-22-14-24/h4-8,10,12,14,18H,1-3,9,11,13H2/t18-/m1/s1. The third-order valence-electron chi connectivity index (χ3n) is 4.85. The molecule has 7 heteroatoms. The molecule has 1 saturated heterocycles. The third kappa shape index (κ3) is 4.07. The number of aromatic nitrogens is 3. The van der Waals surface area contributed by atoms with Crippen molar-refractivity contribution >= 4 is 5.91 Å². The molecule has 140 valence electrons. The lowest BCUT2D eigenvalue weighted by molar-refractivity contribution is -0.136. The molecule has 0 radical (unpaired) electrons. The highest BCUT2D eigenvalue weighted by atomic mass is 19.1. The second-order valence-electron chi connectivity index (χ2n) is 6.80. The maximum Gasteiger partial charge on any atom is 0.243 e. The van der Waals surface area contributed by atoms with Crippen LogP contribution in [0.5, 0.6) is 0 Å². The first-order valence-corrected chi connectivity index (χ1v) is 9.13. The topological polar surface area (TPSA) is 64.2 Å². The van der Waals surface area contributed by atoms with Crippen molar-refractivity contribution in [2.75, 3.05) is 6.54 Å². The second kappa shape index (κ2) is 7.73. The number of piperidine rings is 1. The zero-order chi connectivity index (χ0) is 18.6. The highest BCUT2D eigenvalue weighted by Gasteiger charge is 2.31. The molecule has 1 aliphatic heterocycles. The highest BCUT2D eigenvalue weighted by Crippen LogP contribution is 2.31. The summed E-state index contributed by atoms with van der Waals surface area (Å²) in [6, 6.07) is 6.20. The first-order valence-electron chi connectivity index (χ1n) is 9.13. The van der Waals surface area contributed by atoms with Crippen molar-refractivity contribution in [1.29, 1.82) is 0 Å². The molecule has 0 bridgehead atoms. The van der Waals surface area contributed by atoms with E-state index in [1.165, 1.54) is 12.1 Å². The lowest BCUT2D eigenvalue weighted by Crippen LogP contribution is -2.40. The van der Waals surface area contributed by atoms with Crippen LogP contribution < -0.4 is 0 Å². The largest absolute Gasteiger partial charge is 0.443 e. The normalized spacial score (nSPS) is 17.2. The molecule has 1 amide bonds. The van der Waals surface area contributed by atoms with Gasteiger partial charge in [-0.05, 0) is 37.0 Å². The summed E-state index contributed by atoms with van der Waals surface area (Å²) in [5, 5.41) is 0. The van der Waals surface area contributed by atoms with E-state index in [2.05, 4.69) is 9.97 Å². The average Bonchev–Trinajstić information content (AvgIpc) is 3.36. The van der Waals surface area contributed by atoms with E-state index >= 15 is 0 Å². The molecule has 1 fully saturated rings. The summed E-state index contributed by atoms with van der Waals surface area (Å²) in [4.78, 5) is 23.0. The Morgan fingerprint density at radius 1 is 1.26 bits per heavy atom. The van der Waals surface area contributed by atoms with Gasteiger partial charge in [0.15, 0.2) is 0 Å². The predicted octanol–water partition coefficient (Wildman–Crippen LogP) is 3.35. The minimum atomic E-state index is -0.258. The lowest BCUT2D eigenvalue weighted by Gasteiger charge is -2.33. The van der Waals surface area contributed by atoms with E-state index in [1.807, 2.05) is 4.90 Å². The van der Waals surface area contributed by atoms with Crippen LogP contribution in [0.25, 0.3) is 0 Å². The molecule has 3 heterocycles. The Balaban J connectivity index is 1.47. The lowest BCUT2D eigenvalue weighted by atomic mass is 10.0. The van der Waals surface area contributed by atoms with E-state index in [1.54, 1.807) is 41.6 Å². The summed E-state index contributed by atoms with van der Waals surface area (Å²) in [6.07, 6.45) is 10.2. The Kier molecular flexibility index (Phi) is 5.00. The number of amides is 1. The molecule has 1 atom stereocenters. The maximum absolute atomic E-state index is 13.0. The van der Waals surface area contributed by atoms with E-state index in [-0.39, 0.29) is 24.3 Å². The van der Waals surface area contributed by atoms with Gasteiger partial charge < -0.3 is 13.9 Å². The van der Waals surface area contributed by atoms with Gasteiger partial charge in [-0.15, -0.1) is 0 Å². The molecule has 0 spiro atoms. The van der Waals surface area contributed by atoms with E-state index in [0.29, 0.717) is 24.6 Å². The molecule has 0 N–H and O–H groups in total. The number of imidazole rings is 1. The molecule has 4 rings (SSSR count). The van der Waals surface area contributed by atoms with Crippen LogP contribution in [-0.4, -0.2) is 31.9 Å². The van der Waals surface area contributed by atoms with Crippen molar-refractivity contribution in [3.63, 3.8) is 0 Å². The quantitative estimate of drug-likeness (QED) is 0.693. The minimum Gasteiger partial charge on any atom is -0.443 e. The predicted molar refractivity (Wildman–Crippen MR) is 96.2 cm³/mol. The van der Waals surface area contributed by atoms with Crippen molar-refractivity contribution < 1.29 is 13.6 Å². The van der Waals surface area contributed by atoms with Gasteiger partial charge in [0.2, 0.25) is 11.8 Å². The van der Waals surface area contributed by atoms with Gasteiger partial charge in [0.25, 0.3) is 0 Å². The fraction of sp³-hybridized carbons (Fsp3) is 0.350. The maximum atomic E-state index is 13.0. The Morgan fingerprint density at radius 2 is 2.11 bits per heavy atom. The number of carbonyl (C=O) groups is 1. The molecule has 3 aromatic rings. The zero-order valence-corrected chi connectivity index (χ0v) is 14.9. The van der Waals surface area contributed by atoms with Crippen LogP contribution in [0.2, 0.25) is 0 Å². The molecule has 0 unspecified atom stereocenters. The van der Waals surface area contributed by atoms with Crippen LogP contribution in [0.1, 0.15) is 42.5 Å². The summed E-state index contributed by atoms with van der Waals surface area (Å²) in [5.74, 6) is 1.07. The number of hydrogen-bond donors (Lipinski definition) is 0. The molecule has 2 aromatic heterocycles. The SMILES string of the molecule is O=C(Cn1ccnc1)N1CCCC[C@@H]1c1ncc(Cc2ccc(F)cc2)o1. The molecular formula is C20H21FN4O2. The monoisotopic (exact) mass is 368 g/mol. The van der Waals surface area contributed by atoms with Crippen molar-refractivity contribution in [3.8, 4) is 0 Å². The number of carbonyl (C=O) groups excluding carboxylic acids is 1. The Hall–Kier alpha value is -2.96. The van der Waals surface area contributed by atoms with Crippen LogP contribution >= 0.6 is 0 Å². The van der Waals surface area contributed by atoms with Crippen LogP contribution in [-0.2, 0) is 17.8 Å². The number of hydrogen-bond acceptors (Lipinski definition) is 4. The Morgan fingerprint density at radius 3 is 2.89 bits per heavy atom. The summed E-state index contributed by atoms with van der Waals surface area (Å²) >= 11 is 0. The van der Waals surface area contributed by atoms with E-state index in [0.717, 1.165) is 24.8 Å². The van der Waals surface area contributed by atoms with Gasteiger partial charge in [0.05, 0.1) is 12.5 Å². The Bertz CT molecular complexity index is 889. The first-order chi connectivity index (χ1) is 13.2. The van der Waals surface area contributed by atoms with E-state index in [4.69, 9.17) is 4.42 Å². The third-order valence-corrected chi connectivity index (χ3v) is 4.85. The van der Waals surface area contributed by atoms with Crippen LogP contribution in [0.3, 0.4) is 0 Å². The van der Waals surface area contributed by atoms with Crippen molar-refractivity contribution in [2.24, 2.45) is 0 Å². The number of benzene rings is 1. The van der Waals surface area contributed by atoms with Crippen molar-refractivity contribution in [1.82, 2.24) is 19.4 Å².